The van der Waals surface area contributed by atoms with Crippen LogP contribution in [0, 0.1) is 5.92 Å². The fourth-order valence-electron chi connectivity index (χ4n) is 1.28. The minimum Gasteiger partial charge on any atom is -0.478 e. The highest BCUT2D eigenvalue weighted by molar-refractivity contribution is 5.95. The van der Waals surface area contributed by atoms with Gasteiger partial charge in [0, 0.05) is 12.1 Å². The topological polar surface area (TPSA) is 66.4 Å². The first-order chi connectivity index (χ1) is 8.04. The summed E-state index contributed by atoms with van der Waals surface area (Å²) in [7, 11) is 0. The fourth-order valence-corrected chi connectivity index (χ4v) is 1.28. The number of carbonyl (C=O) groups excluding carboxylic acids is 1. The number of carboxylic acid groups (broad SMARTS) is 1. The number of hydrogen-bond donors (Lipinski definition) is 2. The van der Waals surface area contributed by atoms with E-state index in [0.717, 1.165) is 6.42 Å². The van der Waals surface area contributed by atoms with Crippen LogP contribution in [0.15, 0.2) is 24.3 Å². The summed E-state index contributed by atoms with van der Waals surface area (Å²) >= 11 is 0. The molecular formula is C13H17NO3. The second-order valence-electron chi connectivity index (χ2n) is 4.11. The molecule has 0 saturated heterocycles. The molecule has 4 heteroatoms. The maximum Gasteiger partial charge on any atom is 0.335 e. The number of carboxylic acids is 1. The average Bonchev–Trinajstić information content (AvgIpc) is 2.35. The summed E-state index contributed by atoms with van der Waals surface area (Å²) in [6.45, 7) is 4.77. The summed E-state index contributed by atoms with van der Waals surface area (Å²) in [4.78, 5) is 22.3. The zero-order valence-electron chi connectivity index (χ0n) is 10.1. The number of amides is 1. The van der Waals surface area contributed by atoms with Gasteiger partial charge in [-0.25, -0.2) is 4.79 Å². The van der Waals surface area contributed by atoms with Crippen LogP contribution in [-0.2, 0) is 0 Å². The minimum absolute atomic E-state index is 0.165. The molecule has 0 aliphatic heterocycles. The minimum atomic E-state index is -0.989. The van der Waals surface area contributed by atoms with Crippen molar-refractivity contribution in [1.82, 2.24) is 5.32 Å². The van der Waals surface area contributed by atoms with E-state index in [1.807, 2.05) is 0 Å². The van der Waals surface area contributed by atoms with Gasteiger partial charge in [-0.1, -0.05) is 20.3 Å². The second kappa shape index (κ2) is 6.03. The van der Waals surface area contributed by atoms with Crippen LogP contribution in [0.4, 0.5) is 0 Å². The van der Waals surface area contributed by atoms with Crippen molar-refractivity contribution in [3.05, 3.63) is 35.4 Å². The normalized spacial score (nSPS) is 11.9. The van der Waals surface area contributed by atoms with Gasteiger partial charge in [-0.3, -0.25) is 4.79 Å². The lowest BCUT2D eigenvalue weighted by Gasteiger charge is -2.10. The third-order valence-corrected chi connectivity index (χ3v) is 2.70. The van der Waals surface area contributed by atoms with Crippen molar-refractivity contribution in [3.63, 3.8) is 0 Å². The summed E-state index contributed by atoms with van der Waals surface area (Å²) in [5.41, 5.74) is 0.668. The van der Waals surface area contributed by atoms with Gasteiger partial charge in [0.15, 0.2) is 0 Å². The Labute approximate surface area is 101 Å². The predicted octanol–water partition coefficient (Wildman–Crippen LogP) is 2.16. The van der Waals surface area contributed by atoms with Crippen molar-refractivity contribution in [2.24, 2.45) is 5.92 Å². The van der Waals surface area contributed by atoms with Gasteiger partial charge in [-0.15, -0.1) is 0 Å². The molecule has 17 heavy (non-hydrogen) atoms. The van der Waals surface area contributed by atoms with Gasteiger partial charge in [-0.2, -0.15) is 0 Å². The Morgan fingerprint density at radius 3 is 2.24 bits per heavy atom. The maximum absolute atomic E-state index is 11.7. The van der Waals surface area contributed by atoms with Gasteiger partial charge < -0.3 is 10.4 Å². The van der Waals surface area contributed by atoms with E-state index in [1.165, 1.54) is 24.3 Å². The molecule has 0 spiro atoms. The summed E-state index contributed by atoms with van der Waals surface area (Å²) < 4.78 is 0. The van der Waals surface area contributed by atoms with Crippen molar-refractivity contribution in [3.8, 4) is 0 Å². The molecule has 0 aliphatic rings. The molecular weight excluding hydrogens is 218 g/mol. The molecule has 1 aromatic carbocycles. The van der Waals surface area contributed by atoms with E-state index < -0.39 is 5.97 Å². The molecule has 0 bridgehead atoms. The number of aromatic carboxylic acids is 1. The molecule has 1 amide bonds. The van der Waals surface area contributed by atoms with Crippen LogP contribution >= 0.6 is 0 Å². The molecule has 0 saturated carbocycles. The molecule has 0 heterocycles. The van der Waals surface area contributed by atoms with E-state index in [1.54, 1.807) is 0 Å². The first-order valence-electron chi connectivity index (χ1n) is 5.66. The van der Waals surface area contributed by atoms with Gasteiger partial charge in [0.1, 0.15) is 0 Å². The Kier molecular flexibility index (Phi) is 4.69. The zero-order chi connectivity index (χ0) is 12.8. The molecule has 1 aromatic rings. The second-order valence-corrected chi connectivity index (χ2v) is 4.11. The molecule has 0 aromatic heterocycles. The van der Waals surface area contributed by atoms with Crippen LogP contribution in [0.2, 0.25) is 0 Å². The summed E-state index contributed by atoms with van der Waals surface area (Å²) in [6.07, 6.45) is 1.01. The van der Waals surface area contributed by atoms with E-state index in [0.29, 0.717) is 18.0 Å². The van der Waals surface area contributed by atoms with Crippen molar-refractivity contribution >= 4 is 11.9 Å². The highest BCUT2D eigenvalue weighted by Crippen LogP contribution is 2.05. The maximum atomic E-state index is 11.7. The van der Waals surface area contributed by atoms with E-state index in [2.05, 4.69) is 19.2 Å². The van der Waals surface area contributed by atoms with Gasteiger partial charge in [0.2, 0.25) is 0 Å². The van der Waals surface area contributed by atoms with Crippen molar-refractivity contribution in [2.45, 2.75) is 20.3 Å². The first-order valence-corrected chi connectivity index (χ1v) is 5.66. The highest BCUT2D eigenvalue weighted by atomic mass is 16.4. The SMILES string of the molecule is CCC(C)CNC(=O)c1ccc(C(=O)O)cc1. The number of hydrogen-bond acceptors (Lipinski definition) is 2. The van der Waals surface area contributed by atoms with Crippen LogP contribution in [0.3, 0.4) is 0 Å². The van der Waals surface area contributed by atoms with Crippen LogP contribution in [0.1, 0.15) is 41.0 Å². The lowest BCUT2D eigenvalue weighted by atomic mass is 10.1. The molecule has 1 atom stereocenters. The van der Waals surface area contributed by atoms with E-state index in [-0.39, 0.29) is 11.5 Å². The average molecular weight is 235 g/mol. The largest absolute Gasteiger partial charge is 0.478 e. The molecule has 92 valence electrons. The Hall–Kier alpha value is -1.84. The Bertz CT molecular complexity index is 398. The monoisotopic (exact) mass is 235 g/mol. The van der Waals surface area contributed by atoms with Crippen LogP contribution < -0.4 is 5.32 Å². The summed E-state index contributed by atoms with van der Waals surface area (Å²) in [6, 6.07) is 5.91. The predicted molar refractivity (Wildman–Crippen MR) is 65.2 cm³/mol. The molecule has 0 radical (unpaired) electrons. The molecule has 1 rings (SSSR count). The zero-order valence-corrected chi connectivity index (χ0v) is 10.1. The first kappa shape index (κ1) is 13.2. The number of nitrogens with one attached hydrogen (secondary N) is 1. The van der Waals surface area contributed by atoms with Gasteiger partial charge in [-0.05, 0) is 30.2 Å². The number of benzene rings is 1. The van der Waals surface area contributed by atoms with Crippen LogP contribution in [0.25, 0.3) is 0 Å². The smallest absolute Gasteiger partial charge is 0.335 e. The fraction of sp³-hybridized carbons (Fsp3) is 0.385. The molecule has 0 fully saturated rings. The highest BCUT2D eigenvalue weighted by Gasteiger charge is 2.08. The quantitative estimate of drug-likeness (QED) is 0.821. The van der Waals surface area contributed by atoms with Gasteiger partial charge in [0.25, 0.3) is 5.91 Å². The van der Waals surface area contributed by atoms with Gasteiger partial charge in [0.05, 0.1) is 5.56 Å². The molecule has 2 N–H and O–H groups in total. The molecule has 1 unspecified atom stereocenters. The van der Waals surface area contributed by atoms with Crippen molar-refractivity contribution in [1.29, 1.82) is 0 Å². The lowest BCUT2D eigenvalue weighted by molar-refractivity contribution is 0.0696. The Balaban J connectivity index is 2.61. The molecule has 4 nitrogen and oxygen atoms in total. The van der Waals surface area contributed by atoms with E-state index >= 15 is 0 Å². The van der Waals surface area contributed by atoms with Crippen molar-refractivity contribution in [2.75, 3.05) is 6.54 Å². The van der Waals surface area contributed by atoms with Crippen LogP contribution in [-0.4, -0.2) is 23.5 Å². The van der Waals surface area contributed by atoms with E-state index in [4.69, 9.17) is 5.11 Å². The summed E-state index contributed by atoms with van der Waals surface area (Å²) in [5.74, 6) is -0.712. The Morgan fingerprint density at radius 1 is 1.24 bits per heavy atom. The third kappa shape index (κ3) is 3.90. The Morgan fingerprint density at radius 2 is 1.76 bits per heavy atom. The van der Waals surface area contributed by atoms with Crippen molar-refractivity contribution < 1.29 is 14.7 Å². The van der Waals surface area contributed by atoms with Crippen LogP contribution in [0.5, 0.6) is 0 Å². The number of carbonyl (C=O) groups is 2. The number of rotatable bonds is 5. The standard InChI is InChI=1S/C13H17NO3/c1-3-9(2)8-14-12(15)10-4-6-11(7-5-10)13(16)17/h4-7,9H,3,8H2,1-2H3,(H,14,15)(H,16,17). The van der Waals surface area contributed by atoms with E-state index in [9.17, 15) is 9.59 Å². The summed E-state index contributed by atoms with van der Waals surface area (Å²) in [5, 5.41) is 11.5. The van der Waals surface area contributed by atoms with Gasteiger partial charge >= 0.3 is 5.97 Å². The third-order valence-electron chi connectivity index (χ3n) is 2.70. The lowest BCUT2D eigenvalue weighted by Crippen LogP contribution is -2.28. The molecule has 0 aliphatic carbocycles.